The Kier molecular flexibility index (Phi) is 3.68. The van der Waals surface area contributed by atoms with Crippen molar-refractivity contribution in [3.05, 3.63) is 46.1 Å². The predicted octanol–water partition coefficient (Wildman–Crippen LogP) is 2.86. The number of aromatic nitrogens is 3. The Morgan fingerprint density at radius 1 is 1.12 bits per heavy atom. The molecule has 0 saturated carbocycles. The molecule has 0 saturated heterocycles. The van der Waals surface area contributed by atoms with Crippen LogP contribution in [0.1, 0.15) is 17.0 Å². The number of hydrogen-bond donors (Lipinski definition) is 1. The highest BCUT2D eigenvalue weighted by atomic mass is 79.9. The largest absolute Gasteiger partial charge is 0.364 e. The van der Waals surface area contributed by atoms with Crippen molar-refractivity contribution in [2.45, 2.75) is 20.4 Å². The van der Waals surface area contributed by atoms with Gasteiger partial charge in [-0.1, -0.05) is 0 Å². The van der Waals surface area contributed by atoms with Gasteiger partial charge in [0.05, 0.1) is 24.1 Å². The van der Waals surface area contributed by atoms with E-state index in [-0.39, 0.29) is 0 Å². The van der Waals surface area contributed by atoms with Gasteiger partial charge in [0.15, 0.2) is 0 Å². The molecule has 5 heteroatoms. The molecule has 4 nitrogen and oxygen atoms in total. The maximum absolute atomic E-state index is 4.27. The first-order chi connectivity index (χ1) is 8.15. The van der Waals surface area contributed by atoms with Gasteiger partial charge < -0.3 is 5.32 Å². The summed E-state index contributed by atoms with van der Waals surface area (Å²) < 4.78 is 1.01. The van der Waals surface area contributed by atoms with Crippen LogP contribution in [0.5, 0.6) is 0 Å². The van der Waals surface area contributed by atoms with E-state index in [1.807, 2.05) is 19.9 Å². The average Bonchev–Trinajstić information content (AvgIpc) is 2.33. The third-order valence-electron chi connectivity index (χ3n) is 2.33. The van der Waals surface area contributed by atoms with Crippen LogP contribution >= 0.6 is 15.9 Å². The normalized spacial score (nSPS) is 10.3. The zero-order valence-corrected chi connectivity index (χ0v) is 11.3. The number of nitrogens with one attached hydrogen (secondary N) is 1. The summed E-state index contributed by atoms with van der Waals surface area (Å²) in [6.45, 7) is 4.58. The van der Waals surface area contributed by atoms with Gasteiger partial charge in [-0.15, -0.1) is 0 Å². The zero-order valence-electron chi connectivity index (χ0n) is 9.74. The lowest BCUT2D eigenvalue weighted by Crippen LogP contribution is -2.04. The Hall–Kier alpha value is -1.49. The Labute approximate surface area is 109 Å². The first kappa shape index (κ1) is 12.0. The summed E-state index contributed by atoms with van der Waals surface area (Å²) >= 11 is 3.42. The van der Waals surface area contributed by atoms with Crippen LogP contribution in [0.25, 0.3) is 0 Å². The molecule has 0 fully saturated rings. The molecule has 0 bridgehead atoms. The SMILES string of the molecule is Cc1cnc(CNc2cc(C)c(Br)cn2)cn1. The third kappa shape index (κ3) is 3.23. The number of nitrogens with zero attached hydrogens (tertiary/aromatic N) is 3. The maximum atomic E-state index is 4.27. The molecule has 2 aromatic rings. The molecule has 2 heterocycles. The van der Waals surface area contributed by atoms with Crippen molar-refractivity contribution in [2.75, 3.05) is 5.32 Å². The van der Waals surface area contributed by atoms with Crippen LogP contribution < -0.4 is 5.32 Å². The number of halogens is 1. The summed E-state index contributed by atoms with van der Waals surface area (Å²) in [6.07, 6.45) is 5.32. The van der Waals surface area contributed by atoms with E-state index in [4.69, 9.17) is 0 Å². The van der Waals surface area contributed by atoms with E-state index in [0.29, 0.717) is 6.54 Å². The van der Waals surface area contributed by atoms with E-state index in [0.717, 1.165) is 27.2 Å². The van der Waals surface area contributed by atoms with Gasteiger partial charge in [0, 0.05) is 16.9 Å². The van der Waals surface area contributed by atoms with Crippen molar-refractivity contribution in [3.8, 4) is 0 Å². The number of pyridine rings is 1. The van der Waals surface area contributed by atoms with Crippen LogP contribution in [0.2, 0.25) is 0 Å². The highest BCUT2D eigenvalue weighted by Gasteiger charge is 2.00. The van der Waals surface area contributed by atoms with Gasteiger partial charge in [-0.05, 0) is 41.4 Å². The first-order valence-electron chi connectivity index (χ1n) is 5.28. The minimum atomic E-state index is 0.626. The van der Waals surface area contributed by atoms with E-state index in [1.54, 1.807) is 18.6 Å². The summed E-state index contributed by atoms with van der Waals surface area (Å²) in [6, 6.07) is 1.99. The maximum Gasteiger partial charge on any atom is 0.126 e. The van der Waals surface area contributed by atoms with Gasteiger partial charge in [0.2, 0.25) is 0 Å². The topological polar surface area (TPSA) is 50.7 Å². The molecular formula is C12H13BrN4. The van der Waals surface area contributed by atoms with Gasteiger partial charge in [-0.25, -0.2) is 4.98 Å². The minimum absolute atomic E-state index is 0.626. The lowest BCUT2D eigenvalue weighted by Gasteiger charge is -2.06. The first-order valence-corrected chi connectivity index (χ1v) is 6.08. The second kappa shape index (κ2) is 5.23. The van der Waals surface area contributed by atoms with E-state index in [2.05, 4.69) is 36.2 Å². The van der Waals surface area contributed by atoms with Crippen molar-refractivity contribution in [1.29, 1.82) is 0 Å². The summed E-state index contributed by atoms with van der Waals surface area (Å²) in [5, 5.41) is 3.21. The fourth-order valence-electron chi connectivity index (χ4n) is 1.33. The Morgan fingerprint density at radius 3 is 2.59 bits per heavy atom. The summed E-state index contributed by atoms with van der Waals surface area (Å²) in [5.41, 5.74) is 2.97. The van der Waals surface area contributed by atoms with Crippen molar-refractivity contribution < 1.29 is 0 Å². The van der Waals surface area contributed by atoms with Crippen molar-refractivity contribution >= 4 is 21.7 Å². The molecule has 0 amide bonds. The third-order valence-corrected chi connectivity index (χ3v) is 3.16. The number of aryl methyl sites for hydroxylation is 2. The molecule has 2 aromatic heterocycles. The lowest BCUT2D eigenvalue weighted by molar-refractivity contribution is 0.975. The molecule has 0 aliphatic rings. The molecule has 0 aliphatic heterocycles. The van der Waals surface area contributed by atoms with Gasteiger partial charge in [0.25, 0.3) is 0 Å². The monoisotopic (exact) mass is 292 g/mol. The van der Waals surface area contributed by atoms with Crippen LogP contribution in [0, 0.1) is 13.8 Å². The van der Waals surface area contributed by atoms with Crippen molar-refractivity contribution in [1.82, 2.24) is 15.0 Å². The van der Waals surface area contributed by atoms with Gasteiger partial charge >= 0.3 is 0 Å². The Bertz CT molecular complexity index is 510. The van der Waals surface area contributed by atoms with E-state index in [1.165, 1.54) is 0 Å². The molecule has 0 radical (unpaired) electrons. The van der Waals surface area contributed by atoms with E-state index >= 15 is 0 Å². The van der Waals surface area contributed by atoms with Crippen LogP contribution in [0.3, 0.4) is 0 Å². The summed E-state index contributed by atoms with van der Waals surface area (Å²) in [7, 11) is 0. The number of hydrogen-bond acceptors (Lipinski definition) is 4. The summed E-state index contributed by atoms with van der Waals surface area (Å²) in [5.74, 6) is 0.841. The van der Waals surface area contributed by atoms with Crippen LogP contribution in [0.4, 0.5) is 5.82 Å². The number of rotatable bonds is 3. The van der Waals surface area contributed by atoms with Gasteiger partial charge in [-0.2, -0.15) is 0 Å². The number of anilines is 1. The molecule has 0 unspecified atom stereocenters. The minimum Gasteiger partial charge on any atom is -0.364 e. The van der Waals surface area contributed by atoms with Crippen LogP contribution in [0.15, 0.2) is 29.1 Å². The molecular weight excluding hydrogens is 280 g/mol. The van der Waals surface area contributed by atoms with Crippen LogP contribution in [-0.4, -0.2) is 15.0 Å². The Balaban J connectivity index is 2.02. The predicted molar refractivity (Wildman–Crippen MR) is 70.8 cm³/mol. The highest BCUT2D eigenvalue weighted by molar-refractivity contribution is 9.10. The molecule has 2 rings (SSSR count). The van der Waals surface area contributed by atoms with Gasteiger partial charge in [-0.3, -0.25) is 9.97 Å². The molecule has 0 spiro atoms. The molecule has 17 heavy (non-hydrogen) atoms. The average molecular weight is 293 g/mol. The highest BCUT2D eigenvalue weighted by Crippen LogP contribution is 2.17. The quantitative estimate of drug-likeness (QED) is 0.945. The fourth-order valence-corrected chi connectivity index (χ4v) is 1.54. The van der Waals surface area contributed by atoms with Crippen molar-refractivity contribution in [3.63, 3.8) is 0 Å². The van der Waals surface area contributed by atoms with Crippen LogP contribution in [-0.2, 0) is 6.54 Å². The molecule has 0 aromatic carbocycles. The second-order valence-electron chi connectivity index (χ2n) is 3.82. The van der Waals surface area contributed by atoms with E-state index < -0.39 is 0 Å². The Morgan fingerprint density at radius 2 is 1.94 bits per heavy atom. The zero-order chi connectivity index (χ0) is 12.3. The molecule has 88 valence electrons. The standard InChI is InChI=1S/C12H13BrN4/c1-8-3-12(17-7-11(8)13)16-6-10-5-14-9(2)4-15-10/h3-5,7H,6H2,1-2H3,(H,16,17). The smallest absolute Gasteiger partial charge is 0.126 e. The van der Waals surface area contributed by atoms with E-state index in [9.17, 15) is 0 Å². The fraction of sp³-hybridized carbons (Fsp3) is 0.250. The molecule has 0 atom stereocenters. The lowest BCUT2D eigenvalue weighted by atomic mass is 10.3. The summed E-state index contributed by atoms with van der Waals surface area (Å²) in [4.78, 5) is 12.7. The van der Waals surface area contributed by atoms with Gasteiger partial charge in [0.1, 0.15) is 5.82 Å². The molecule has 0 aliphatic carbocycles. The van der Waals surface area contributed by atoms with Crippen molar-refractivity contribution in [2.24, 2.45) is 0 Å². The second-order valence-corrected chi connectivity index (χ2v) is 4.68. The molecule has 1 N–H and O–H groups in total.